The molecule has 0 aromatic rings. The molecular formula is C29H46O6. The largest absolute Gasteiger partial charge is 0.469 e. The molecule has 198 valence electrons. The Morgan fingerprint density at radius 1 is 0.943 bits per heavy atom. The minimum absolute atomic E-state index is 0.0229. The molecule has 35 heavy (non-hydrogen) atoms. The molecule has 0 aromatic carbocycles. The molecule has 0 aliphatic heterocycles. The first-order valence-electron chi connectivity index (χ1n) is 13.9. The highest BCUT2D eigenvalue weighted by Crippen LogP contribution is 2.69. The van der Waals surface area contributed by atoms with E-state index >= 15 is 0 Å². The van der Waals surface area contributed by atoms with Crippen molar-refractivity contribution >= 4 is 17.9 Å². The molecular weight excluding hydrogens is 444 g/mol. The van der Waals surface area contributed by atoms with Crippen molar-refractivity contribution in [3.05, 3.63) is 0 Å². The molecule has 0 heterocycles. The molecule has 0 aromatic heterocycles. The monoisotopic (exact) mass is 490 g/mol. The van der Waals surface area contributed by atoms with Crippen LogP contribution in [0.15, 0.2) is 0 Å². The Labute approximate surface area is 211 Å². The van der Waals surface area contributed by atoms with Gasteiger partial charge in [0, 0.05) is 26.2 Å². The number of carbonyl (C=O) groups excluding carboxylic acids is 3. The molecule has 4 rings (SSSR count). The van der Waals surface area contributed by atoms with E-state index < -0.39 is 0 Å². The Balaban J connectivity index is 1.58. The maximum Gasteiger partial charge on any atom is 0.305 e. The van der Waals surface area contributed by atoms with Gasteiger partial charge in [0.05, 0.1) is 7.11 Å². The number of rotatable bonds is 6. The Morgan fingerprint density at radius 3 is 2.31 bits per heavy atom. The fourth-order valence-electron chi connectivity index (χ4n) is 9.59. The molecule has 0 bridgehead atoms. The molecule has 6 heteroatoms. The molecule has 6 nitrogen and oxygen atoms in total. The first kappa shape index (κ1) is 26.5. The lowest BCUT2D eigenvalue weighted by molar-refractivity contribution is -0.201. The molecule has 0 N–H and O–H groups in total. The summed E-state index contributed by atoms with van der Waals surface area (Å²) in [6, 6.07) is 0. The molecule has 10 unspecified atom stereocenters. The van der Waals surface area contributed by atoms with Crippen molar-refractivity contribution in [3.63, 3.8) is 0 Å². The van der Waals surface area contributed by atoms with Gasteiger partial charge in [-0.2, -0.15) is 0 Å². The Morgan fingerprint density at radius 2 is 1.66 bits per heavy atom. The van der Waals surface area contributed by atoms with Crippen LogP contribution >= 0.6 is 0 Å². The van der Waals surface area contributed by atoms with Gasteiger partial charge in [0.25, 0.3) is 0 Å². The van der Waals surface area contributed by atoms with Crippen LogP contribution in [0, 0.1) is 46.3 Å². The van der Waals surface area contributed by atoms with Crippen LogP contribution in [0.1, 0.15) is 98.8 Å². The highest BCUT2D eigenvalue weighted by molar-refractivity contribution is 5.69. The van der Waals surface area contributed by atoms with E-state index in [4.69, 9.17) is 14.2 Å². The molecule has 4 aliphatic rings. The van der Waals surface area contributed by atoms with E-state index in [1.165, 1.54) is 33.3 Å². The van der Waals surface area contributed by atoms with Crippen LogP contribution in [-0.4, -0.2) is 37.2 Å². The fourth-order valence-corrected chi connectivity index (χ4v) is 9.59. The summed E-state index contributed by atoms with van der Waals surface area (Å²) in [5, 5.41) is 0. The predicted molar refractivity (Wildman–Crippen MR) is 132 cm³/mol. The minimum atomic E-state index is -0.183. The van der Waals surface area contributed by atoms with E-state index in [2.05, 4.69) is 20.8 Å². The fraction of sp³-hybridized carbons (Fsp3) is 0.897. The van der Waals surface area contributed by atoms with Gasteiger partial charge >= 0.3 is 17.9 Å². The molecule has 10 atom stereocenters. The van der Waals surface area contributed by atoms with Crippen molar-refractivity contribution in [2.75, 3.05) is 7.11 Å². The van der Waals surface area contributed by atoms with Crippen molar-refractivity contribution in [3.8, 4) is 0 Å². The van der Waals surface area contributed by atoms with E-state index in [0.29, 0.717) is 41.9 Å². The number of hydrogen-bond donors (Lipinski definition) is 0. The number of methoxy groups -OCH3 is 1. The van der Waals surface area contributed by atoms with Crippen molar-refractivity contribution < 1.29 is 28.6 Å². The molecule has 0 saturated heterocycles. The molecule has 4 fully saturated rings. The second-order valence-electron chi connectivity index (χ2n) is 12.7. The van der Waals surface area contributed by atoms with Gasteiger partial charge < -0.3 is 14.2 Å². The summed E-state index contributed by atoms with van der Waals surface area (Å²) in [5.41, 5.74) is 0.227. The second-order valence-corrected chi connectivity index (χ2v) is 12.7. The van der Waals surface area contributed by atoms with Crippen LogP contribution in [0.5, 0.6) is 0 Å². The molecule has 0 radical (unpaired) electrons. The van der Waals surface area contributed by atoms with Gasteiger partial charge in [0.1, 0.15) is 12.2 Å². The molecule has 0 spiro atoms. The number of hydrogen-bond acceptors (Lipinski definition) is 6. The summed E-state index contributed by atoms with van der Waals surface area (Å²) in [6.07, 6.45) is 9.80. The van der Waals surface area contributed by atoms with Gasteiger partial charge in [0.15, 0.2) is 0 Å². The maximum absolute atomic E-state index is 12.3. The van der Waals surface area contributed by atoms with Gasteiger partial charge in [-0.05, 0) is 98.2 Å². The van der Waals surface area contributed by atoms with Crippen LogP contribution in [-0.2, 0) is 28.6 Å². The summed E-state index contributed by atoms with van der Waals surface area (Å²) in [4.78, 5) is 35.7. The van der Waals surface area contributed by atoms with Gasteiger partial charge in [-0.3, -0.25) is 14.4 Å². The average Bonchev–Trinajstić information content (AvgIpc) is 3.13. The SMILES string of the molecule is COC(=O)CCC(C)C1CCC2C3CCC4CC(OC(C)=O)CCC4(C)C3C(OC(C)=O)CC12C. The third kappa shape index (κ3) is 4.87. The van der Waals surface area contributed by atoms with Crippen LogP contribution in [0.3, 0.4) is 0 Å². The topological polar surface area (TPSA) is 78.9 Å². The lowest BCUT2D eigenvalue weighted by Crippen LogP contribution is -2.60. The first-order valence-corrected chi connectivity index (χ1v) is 13.9. The summed E-state index contributed by atoms with van der Waals surface area (Å²) in [6.45, 7) is 10.2. The third-order valence-electron chi connectivity index (χ3n) is 11.0. The average molecular weight is 491 g/mol. The summed E-state index contributed by atoms with van der Waals surface area (Å²) in [7, 11) is 1.46. The van der Waals surface area contributed by atoms with Crippen molar-refractivity contribution in [1.29, 1.82) is 0 Å². The molecule has 4 saturated carbocycles. The zero-order chi connectivity index (χ0) is 25.5. The third-order valence-corrected chi connectivity index (χ3v) is 11.0. The standard InChI is InChI=1S/C29H46O6/c1-17(7-12-26(32)33-6)23-10-11-24-22-9-8-20-15-21(34-18(2)30)13-14-28(20,4)27(22)25(35-19(3)31)16-29(23,24)5/h17,20-25,27H,7-16H2,1-6H3. The van der Waals surface area contributed by atoms with E-state index in [0.717, 1.165) is 38.5 Å². The van der Waals surface area contributed by atoms with Crippen LogP contribution < -0.4 is 0 Å². The van der Waals surface area contributed by atoms with Crippen molar-refractivity contribution in [2.45, 2.75) is 111 Å². The number of ether oxygens (including phenoxy) is 3. The zero-order valence-corrected chi connectivity index (χ0v) is 22.6. The maximum atomic E-state index is 12.3. The quantitative estimate of drug-likeness (QED) is 0.351. The smallest absolute Gasteiger partial charge is 0.305 e. The second kappa shape index (κ2) is 10.0. The van der Waals surface area contributed by atoms with Crippen LogP contribution in [0.2, 0.25) is 0 Å². The number of esters is 3. The van der Waals surface area contributed by atoms with E-state index in [1.54, 1.807) is 6.92 Å². The Hall–Kier alpha value is -1.59. The summed E-state index contributed by atoms with van der Waals surface area (Å²) < 4.78 is 16.7. The lowest BCUT2D eigenvalue weighted by atomic mass is 9.43. The zero-order valence-electron chi connectivity index (χ0n) is 22.6. The van der Waals surface area contributed by atoms with Gasteiger partial charge in [-0.25, -0.2) is 0 Å². The Kier molecular flexibility index (Phi) is 7.60. The van der Waals surface area contributed by atoms with E-state index in [-0.39, 0.29) is 40.9 Å². The summed E-state index contributed by atoms with van der Waals surface area (Å²) >= 11 is 0. The van der Waals surface area contributed by atoms with Crippen molar-refractivity contribution in [1.82, 2.24) is 0 Å². The van der Waals surface area contributed by atoms with E-state index in [9.17, 15) is 14.4 Å². The lowest BCUT2D eigenvalue weighted by Gasteiger charge is -2.63. The van der Waals surface area contributed by atoms with Crippen molar-refractivity contribution in [2.24, 2.45) is 46.3 Å². The minimum Gasteiger partial charge on any atom is -0.469 e. The number of carbonyl (C=O) groups is 3. The normalized spacial score (nSPS) is 43.2. The van der Waals surface area contributed by atoms with Gasteiger partial charge in [-0.1, -0.05) is 20.8 Å². The predicted octanol–water partition coefficient (Wildman–Crippen LogP) is 5.71. The Bertz CT molecular complexity index is 824. The first-order chi connectivity index (χ1) is 16.5. The van der Waals surface area contributed by atoms with E-state index in [1.807, 2.05) is 0 Å². The van der Waals surface area contributed by atoms with Gasteiger partial charge in [0.2, 0.25) is 0 Å². The number of fused-ring (bicyclic) bond motifs is 5. The van der Waals surface area contributed by atoms with Gasteiger partial charge in [-0.15, -0.1) is 0 Å². The summed E-state index contributed by atoms with van der Waals surface area (Å²) in [5.74, 6) is 2.53. The highest BCUT2D eigenvalue weighted by atomic mass is 16.5. The van der Waals surface area contributed by atoms with Crippen LogP contribution in [0.25, 0.3) is 0 Å². The molecule has 4 aliphatic carbocycles. The highest BCUT2D eigenvalue weighted by Gasteiger charge is 2.64. The molecule has 0 amide bonds. The van der Waals surface area contributed by atoms with Crippen LogP contribution in [0.4, 0.5) is 0 Å².